The summed E-state index contributed by atoms with van der Waals surface area (Å²) in [5, 5.41) is 0. The Morgan fingerprint density at radius 3 is 2.53 bits per heavy atom. The number of nitrogens with zero attached hydrogens (tertiary/aromatic N) is 4. The molecule has 6 nitrogen and oxygen atoms in total. The first kappa shape index (κ1) is 14.5. The predicted octanol–water partition coefficient (Wildman–Crippen LogP) is 0.557. The fourth-order valence-electron chi connectivity index (χ4n) is 2.02. The third-order valence-corrected chi connectivity index (χ3v) is 5.27. The van der Waals surface area contributed by atoms with Gasteiger partial charge in [-0.05, 0) is 6.42 Å². The Hall–Kier alpha value is -0.920. The molecule has 1 aromatic heterocycles. The highest BCUT2D eigenvalue weighted by atomic mass is 35.5. The van der Waals surface area contributed by atoms with Gasteiger partial charge in [-0.15, -0.1) is 11.6 Å². The minimum atomic E-state index is -3.16. The van der Waals surface area contributed by atoms with Gasteiger partial charge in [0.15, 0.2) is 0 Å². The number of sulfonamides is 1. The van der Waals surface area contributed by atoms with E-state index in [1.807, 2.05) is 4.90 Å². The van der Waals surface area contributed by atoms with Gasteiger partial charge in [0.25, 0.3) is 0 Å². The molecule has 1 aliphatic heterocycles. The van der Waals surface area contributed by atoms with E-state index in [0.717, 1.165) is 5.82 Å². The summed E-state index contributed by atoms with van der Waals surface area (Å²) in [6.07, 6.45) is 5.45. The molecule has 8 heteroatoms. The zero-order valence-electron chi connectivity index (χ0n) is 10.6. The summed E-state index contributed by atoms with van der Waals surface area (Å²) >= 11 is 5.54. The molecule has 0 N–H and O–H groups in total. The molecular formula is C11H17ClN4O2S. The van der Waals surface area contributed by atoms with Gasteiger partial charge in [-0.1, -0.05) is 0 Å². The van der Waals surface area contributed by atoms with Crippen LogP contribution in [0, 0.1) is 0 Å². The van der Waals surface area contributed by atoms with Crippen molar-refractivity contribution in [2.75, 3.05) is 42.7 Å². The zero-order chi connectivity index (χ0) is 13.7. The second-order valence-corrected chi connectivity index (χ2v) is 6.77. The van der Waals surface area contributed by atoms with Crippen molar-refractivity contribution in [2.45, 2.75) is 6.42 Å². The lowest BCUT2D eigenvalue weighted by molar-refractivity contribution is 0.383. The Bertz CT molecular complexity index is 489. The van der Waals surface area contributed by atoms with Crippen LogP contribution in [-0.4, -0.2) is 60.5 Å². The van der Waals surface area contributed by atoms with Gasteiger partial charge in [0, 0.05) is 44.5 Å². The third kappa shape index (κ3) is 3.77. The van der Waals surface area contributed by atoms with E-state index in [2.05, 4.69) is 9.97 Å². The molecule has 2 heterocycles. The molecule has 106 valence electrons. The molecule has 2 rings (SSSR count). The number of alkyl halides is 1. The van der Waals surface area contributed by atoms with Gasteiger partial charge in [-0.2, -0.15) is 4.31 Å². The third-order valence-electron chi connectivity index (χ3n) is 3.04. The number of aromatic nitrogens is 2. The van der Waals surface area contributed by atoms with Crippen LogP contribution in [0.2, 0.25) is 0 Å². The van der Waals surface area contributed by atoms with Crippen molar-refractivity contribution >= 4 is 27.4 Å². The van der Waals surface area contributed by atoms with E-state index in [1.54, 1.807) is 18.6 Å². The summed E-state index contributed by atoms with van der Waals surface area (Å²) in [4.78, 5) is 10.3. The molecule has 0 atom stereocenters. The molecule has 0 aliphatic carbocycles. The lowest BCUT2D eigenvalue weighted by atomic mass is 10.3. The molecule has 1 aromatic rings. The van der Waals surface area contributed by atoms with E-state index in [-0.39, 0.29) is 5.75 Å². The van der Waals surface area contributed by atoms with Crippen molar-refractivity contribution in [3.63, 3.8) is 0 Å². The van der Waals surface area contributed by atoms with Gasteiger partial charge in [-0.3, -0.25) is 4.98 Å². The smallest absolute Gasteiger partial charge is 0.214 e. The van der Waals surface area contributed by atoms with E-state index in [0.29, 0.717) is 38.5 Å². The summed E-state index contributed by atoms with van der Waals surface area (Å²) in [6.45, 7) is 2.25. The molecule has 0 radical (unpaired) electrons. The highest BCUT2D eigenvalue weighted by Gasteiger charge is 2.26. The van der Waals surface area contributed by atoms with Crippen LogP contribution in [0.25, 0.3) is 0 Å². The van der Waals surface area contributed by atoms with Gasteiger partial charge < -0.3 is 4.90 Å². The summed E-state index contributed by atoms with van der Waals surface area (Å²) in [7, 11) is -3.16. The van der Waals surface area contributed by atoms with Crippen LogP contribution in [0.1, 0.15) is 6.42 Å². The van der Waals surface area contributed by atoms with Crippen LogP contribution in [-0.2, 0) is 10.0 Å². The number of piperazine rings is 1. The molecule has 0 saturated carbocycles. The Labute approximate surface area is 118 Å². The summed E-state index contributed by atoms with van der Waals surface area (Å²) < 4.78 is 25.6. The Kier molecular flexibility index (Phi) is 4.95. The minimum absolute atomic E-state index is 0.127. The highest BCUT2D eigenvalue weighted by Crippen LogP contribution is 2.14. The molecular weight excluding hydrogens is 288 g/mol. The minimum Gasteiger partial charge on any atom is -0.353 e. The van der Waals surface area contributed by atoms with Gasteiger partial charge >= 0.3 is 0 Å². The standard InChI is InChI=1S/C11H17ClN4O2S/c12-2-1-9-19(17,18)16-7-5-15(6-8-16)11-10-13-3-4-14-11/h3-4,10H,1-2,5-9H2. The highest BCUT2D eigenvalue weighted by molar-refractivity contribution is 7.89. The number of hydrogen-bond acceptors (Lipinski definition) is 5. The monoisotopic (exact) mass is 304 g/mol. The summed E-state index contributed by atoms with van der Waals surface area (Å²) in [5.74, 6) is 1.29. The average molecular weight is 305 g/mol. The lowest BCUT2D eigenvalue weighted by Gasteiger charge is -2.34. The van der Waals surface area contributed by atoms with Crippen LogP contribution in [0.4, 0.5) is 5.82 Å². The van der Waals surface area contributed by atoms with E-state index in [4.69, 9.17) is 11.6 Å². The van der Waals surface area contributed by atoms with Crippen LogP contribution in [0.15, 0.2) is 18.6 Å². The van der Waals surface area contributed by atoms with Crippen LogP contribution < -0.4 is 4.90 Å². The SMILES string of the molecule is O=S(=O)(CCCCl)N1CCN(c2cnccn2)CC1. The number of anilines is 1. The molecule has 1 fully saturated rings. The fourth-order valence-corrected chi connectivity index (χ4v) is 3.80. The van der Waals surface area contributed by atoms with E-state index < -0.39 is 10.0 Å². The number of rotatable bonds is 5. The topological polar surface area (TPSA) is 66.4 Å². The van der Waals surface area contributed by atoms with Gasteiger partial charge in [0.05, 0.1) is 11.9 Å². The average Bonchev–Trinajstić information content (AvgIpc) is 2.46. The maximum Gasteiger partial charge on any atom is 0.214 e. The maximum absolute atomic E-state index is 12.0. The zero-order valence-corrected chi connectivity index (χ0v) is 12.1. The van der Waals surface area contributed by atoms with Gasteiger partial charge in [0.2, 0.25) is 10.0 Å². The second-order valence-electron chi connectivity index (χ2n) is 4.31. The Morgan fingerprint density at radius 1 is 1.21 bits per heavy atom. The molecule has 0 bridgehead atoms. The number of halogens is 1. The quantitative estimate of drug-likeness (QED) is 0.744. The van der Waals surface area contributed by atoms with Crippen molar-refractivity contribution in [2.24, 2.45) is 0 Å². The first-order chi connectivity index (χ1) is 9.13. The molecule has 0 spiro atoms. The van der Waals surface area contributed by atoms with Crippen molar-refractivity contribution in [3.8, 4) is 0 Å². The molecule has 1 aliphatic rings. The van der Waals surface area contributed by atoms with Crippen molar-refractivity contribution < 1.29 is 8.42 Å². The molecule has 0 amide bonds. The van der Waals surface area contributed by atoms with Crippen LogP contribution in [0.5, 0.6) is 0 Å². The van der Waals surface area contributed by atoms with E-state index in [1.165, 1.54) is 4.31 Å². The first-order valence-corrected chi connectivity index (χ1v) is 8.32. The normalized spacial score (nSPS) is 17.6. The van der Waals surface area contributed by atoms with E-state index in [9.17, 15) is 8.42 Å². The fraction of sp³-hybridized carbons (Fsp3) is 0.636. The Morgan fingerprint density at radius 2 is 1.95 bits per heavy atom. The molecule has 0 unspecified atom stereocenters. The lowest BCUT2D eigenvalue weighted by Crippen LogP contribution is -2.49. The van der Waals surface area contributed by atoms with Crippen molar-refractivity contribution in [1.29, 1.82) is 0 Å². The molecule has 1 saturated heterocycles. The largest absolute Gasteiger partial charge is 0.353 e. The van der Waals surface area contributed by atoms with Gasteiger partial charge in [-0.25, -0.2) is 13.4 Å². The summed E-state index contributed by atoms with van der Waals surface area (Å²) in [6, 6.07) is 0. The van der Waals surface area contributed by atoms with E-state index >= 15 is 0 Å². The van der Waals surface area contributed by atoms with Gasteiger partial charge in [0.1, 0.15) is 5.82 Å². The van der Waals surface area contributed by atoms with Crippen LogP contribution >= 0.6 is 11.6 Å². The van der Waals surface area contributed by atoms with Crippen molar-refractivity contribution in [1.82, 2.24) is 14.3 Å². The summed E-state index contributed by atoms with van der Waals surface area (Å²) in [5.41, 5.74) is 0. The van der Waals surface area contributed by atoms with Crippen molar-refractivity contribution in [3.05, 3.63) is 18.6 Å². The number of hydrogen-bond donors (Lipinski definition) is 0. The molecule has 19 heavy (non-hydrogen) atoms. The first-order valence-electron chi connectivity index (χ1n) is 6.18. The Balaban J connectivity index is 1.92. The second kappa shape index (κ2) is 6.49. The van der Waals surface area contributed by atoms with Crippen LogP contribution in [0.3, 0.4) is 0 Å². The predicted molar refractivity (Wildman–Crippen MR) is 74.9 cm³/mol. The maximum atomic E-state index is 12.0. The molecule has 0 aromatic carbocycles.